The van der Waals surface area contributed by atoms with Crippen molar-refractivity contribution in [3.05, 3.63) is 0 Å². The van der Waals surface area contributed by atoms with E-state index in [4.69, 9.17) is 21.8 Å². The molecule has 0 aromatic carbocycles. The Balaban J connectivity index is 2.69. The van der Waals surface area contributed by atoms with Gasteiger partial charge in [-0.25, -0.2) is 5.01 Å². The van der Waals surface area contributed by atoms with Gasteiger partial charge in [-0.3, -0.25) is 5.84 Å². The highest BCUT2D eigenvalue weighted by molar-refractivity contribution is 4.95. The van der Waals surface area contributed by atoms with E-state index in [-0.39, 0.29) is 6.61 Å². The molecule has 0 aromatic heterocycles. The Bertz CT molecular complexity index is 131. The summed E-state index contributed by atoms with van der Waals surface area (Å²) in [5.74, 6) is 5.34. The Labute approximate surface area is 64.0 Å². The fourth-order valence-corrected chi connectivity index (χ4v) is 1.21. The molecule has 7 N–H and O–H groups in total. The zero-order valence-electron chi connectivity index (χ0n) is 5.96. The zero-order valence-corrected chi connectivity index (χ0v) is 5.96. The van der Waals surface area contributed by atoms with Crippen molar-refractivity contribution in [3.63, 3.8) is 0 Å². The van der Waals surface area contributed by atoms with Gasteiger partial charge in [0.2, 0.25) is 0 Å². The number of rotatable bonds is 1. The van der Waals surface area contributed by atoms with Gasteiger partial charge in [-0.05, 0) is 0 Å². The lowest BCUT2D eigenvalue weighted by atomic mass is 10.1. The molecule has 6 nitrogen and oxygen atoms in total. The normalized spacial score (nSPS) is 46.6. The predicted octanol–water partition coefficient (Wildman–Crippen LogP) is -3.46. The van der Waals surface area contributed by atoms with Crippen molar-refractivity contribution in [3.8, 4) is 0 Å². The summed E-state index contributed by atoms with van der Waals surface area (Å²) in [5, 5.41) is 28.1. The molecule has 1 fully saturated rings. The maximum atomic E-state index is 9.19. The molecular weight excluding hydrogens is 150 g/mol. The minimum absolute atomic E-state index is 0.317. The van der Waals surface area contributed by atoms with Crippen molar-refractivity contribution < 1.29 is 15.3 Å². The lowest BCUT2D eigenvalue weighted by molar-refractivity contribution is 0.0183. The summed E-state index contributed by atoms with van der Waals surface area (Å²) in [6.45, 7) is -0.317. The molecule has 1 aliphatic rings. The van der Waals surface area contributed by atoms with Gasteiger partial charge >= 0.3 is 0 Å². The Morgan fingerprint density at radius 1 is 1.27 bits per heavy atom. The standard InChI is InChI=1S/C5H13N3O3/c6-5-4(11)3(10)2(1-9)8(5)7/h2-5,9-11H,1,6-7H2/t2-,3-,4+,5?/m0/s1. The SMILES string of the molecule is NC1[C@H](O)[C@@H](O)[C@H](CO)N1N. The first-order valence-corrected chi connectivity index (χ1v) is 3.35. The molecule has 11 heavy (non-hydrogen) atoms. The topological polar surface area (TPSA) is 116 Å². The molecule has 1 saturated heterocycles. The largest absolute Gasteiger partial charge is 0.395 e. The summed E-state index contributed by atoms with van der Waals surface area (Å²) in [4.78, 5) is 0. The van der Waals surface area contributed by atoms with Gasteiger partial charge in [-0.1, -0.05) is 0 Å². The number of aliphatic hydroxyl groups is 3. The number of hydrogen-bond acceptors (Lipinski definition) is 6. The minimum Gasteiger partial charge on any atom is -0.395 e. The highest BCUT2D eigenvalue weighted by Crippen LogP contribution is 2.17. The number of hydrazine groups is 1. The van der Waals surface area contributed by atoms with Crippen molar-refractivity contribution in [1.82, 2.24) is 5.01 Å². The molecule has 0 bridgehead atoms. The molecule has 1 aliphatic heterocycles. The van der Waals surface area contributed by atoms with E-state index >= 15 is 0 Å². The fraction of sp³-hybridized carbons (Fsp3) is 1.00. The monoisotopic (exact) mass is 163 g/mol. The third kappa shape index (κ3) is 1.24. The molecule has 0 amide bonds. The van der Waals surface area contributed by atoms with E-state index in [1.54, 1.807) is 0 Å². The summed E-state index contributed by atoms with van der Waals surface area (Å²) >= 11 is 0. The second-order valence-electron chi connectivity index (χ2n) is 2.67. The molecule has 0 spiro atoms. The summed E-state index contributed by atoms with van der Waals surface area (Å²) in [5.41, 5.74) is 5.36. The first kappa shape index (κ1) is 8.85. The van der Waals surface area contributed by atoms with Crippen LogP contribution in [-0.4, -0.2) is 51.4 Å². The van der Waals surface area contributed by atoms with Gasteiger partial charge in [-0.2, -0.15) is 0 Å². The average molecular weight is 163 g/mol. The van der Waals surface area contributed by atoms with Crippen molar-refractivity contribution in [2.45, 2.75) is 24.4 Å². The van der Waals surface area contributed by atoms with E-state index < -0.39 is 24.4 Å². The summed E-state index contributed by atoms with van der Waals surface area (Å²) < 4.78 is 0. The third-order valence-electron chi connectivity index (χ3n) is 2.01. The van der Waals surface area contributed by atoms with Crippen LogP contribution in [0.1, 0.15) is 0 Å². The molecule has 1 unspecified atom stereocenters. The first-order chi connectivity index (χ1) is 5.09. The summed E-state index contributed by atoms with van der Waals surface area (Å²) in [6.07, 6.45) is -2.96. The average Bonchev–Trinajstić information content (AvgIpc) is 2.17. The van der Waals surface area contributed by atoms with Crippen LogP contribution in [0.15, 0.2) is 0 Å². The van der Waals surface area contributed by atoms with Crippen LogP contribution in [0.3, 0.4) is 0 Å². The smallest absolute Gasteiger partial charge is 0.111 e. The van der Waals surface area contributed by atoms with Gasteiger partial charge in [0.1, 0.15) is 12.2 Å². The molecule has 6 heteroatoms. The molecule has 0 aliphatic carbocycles. The number of nitrogens with zero attached hydrogens (tertiary/aromatic N) is 1. The maximum absolute atomic E-state index is 9.19. The molecule has 0 aromatic rings. The van der Waals surface area contributed by atoms with Crippen molar-refractivity contribution in [2.24, 2.45) is 11.6 Å². The van der Waals surface area contributed by atoms with Gasteiger partial charge in [0.15, 0.2) is 0 Å². The molecular formula is C5H13N3O3. The number of hydrogen-bond donors (Lipinski definition) is 5. The first-order valence-electron chi connectivity index (χ1n) is 3.35. The van der Waals surface area contributed by atoms with E-state index in [2.05, 4.69) is 0 Å². The molecule has 0 radical (unpaired) electrons. The molecule has 1 rings (SSSR count). The van der Waals surface area contributed by atoms with Gasteiger partial charge in [-0.15, -0.1) is 0 Å². The van der Waals surface area contributed by atoms with Gasteiger partial charge < -0.3 is 21.1 Å². The van der Waals surface area contributed by atoms with Crippen LogP contribution in [-0.2, 0) is 0 Å². The number of aliphatic hydroxyl groups excluding tert-OH is 3. The Kier molecular flexibility index (Phi) is 2.43. The highest BCUT2D eigenvalue weighted by atomic mass is 16.3. The van der Waals surface area contributed by atoms with Crippen molar-refractivity contribution in [2.75, 3.05) is 6.61 Å². The van der Waals surface area contributed by atoms with Crippen LogP contribution in [0.5, 0.6) is 0 Å². The molecule has 66 valence electrons. The van der Waals surface area contributed by atoms with Crippen molar-refractivity contribution in [1.29, 1.82) is 0 Å². The maximum Gasteiger partial charge on any atom is 0.111 e. The quantitative estimate of drug-likeness (QED) is 0.257. The van der Waals surface area contributed by atoms with E-state index in [9.17, 15) is 5.11 Å². The molecule has 0 saturated carbocycles. The fourth-order valence-electron chi connectivity index (χ4n) is 1.21. The summed E-state index contributed by atoms with van der Waals surface area (Å²) in [7, 11) is 0. The minimum atomic E-state index is -1.09. The zero-order chi connectivity index (χ0) is 8.59. The van der Waals surface area contributed by atoms with Crippen LogP contribution in [0.2, 0.25) is 0 Å². The Morgan fingerprint density at radius 2 is 1.82 bits per heavy atom. The second kappa shape index (κ2) is 3.02. The van der Waals surface area contributed by atoms with E-state index in [0.717, 1.165) is 5.01 Å². The molecule has 4 atom stereocenters. The van der Waals surface area contributed by atoms with Crippen LogP contribution in [0.25, 0.3) is 0 Å². The van der Waals surface area contributed by atoms with Crippen LogP contribution >= 0.6 is 0 Å². The van der Waals surface area contributed by atoms with E-state index in [1.807, 2.05) is 0 Å². The van der Waals surface area contributed by atoms with Crippen LogP contribution < -0.4 is 11.6 Å². The van der Waals surface area contributed by atoms with Crippen LogP contribution in [0.4, 0.5) is 0 Å². The van der Waals surface area contributed by atoms with Gasteiger partial charge in [0.05, 0.1) is 18.8 Å². The lowest BCUT2D eigenvalue weighted by Crippen LogP contribution is -2.50. The Hall–Kier alpha value is -0.240. The van der Waals surface area contributed by atoms with Crippen LogP contribution in [0, 0.1) is 0 Å². The van der Waals surface area contributed by atoms with Gasteiger partial charge in [0.25, 0.3) is 0 Å². The lowest BCUT2D eigenvalue weighted by Gasteiger charge is -2.20. The van der Waals surface area contributed by atoms with E-state index in [1.165, 1.54) is 0 Å². The van der Waals surface area contributed by atoms with Gasteiger partial charge in [0, 0.05) is 0 Å². The molecule has 1 heterocycles. The van der Waals surface area contributed by atoms with Crippen molar-refractivity contribution >= 4 is 0 Å². The predicted molar refractivity (Wildman–Crippen MR) is 36.9 cm³/mol. The highest BCUT2D eigenvalue weighted by Gasteiger charge is 2.44. The summed E-state index contributed by atoms with van der Waals surface area (Å²) in [6, 6.07) is -0.667. The third-order valence-corrected chi connectivity index (χ3v) is 2.01. The van der Waals surface area contributed by atoms with E-state index in [0.29, 0.717) is 0 Å². The second-order valence-corrected chi connectivity index (χ2v) is 2.67. The number of nitrogens with two attached hydrogens (primary N) is 2. The Morgan fingerprint density at radius 3 is 2.00 bits per heavy atom.